The molecule has 0 aliphatic carbocycles. The highest BCUT2D eigenvalue weighted by molar-refractivity contribution is 5.70. The van der Waals surface area contributed by atoms with Crippen LogP contribution >= 0.6 is 0 Å². The summed E-state index contributed by atoms with van der Waals surface area (Å²) < 4.78 is 17.5. The predicted molar refractivity (Wildman–Crippen MR) is 59.1 cm³/mol. The average Bonchev–Trinajstić information content (AvgIpc) is 2.90. The van der Waals surface area contributed by atoms with Crippen molar-refractivity contribution in [1.82, 2.24) is 20.6 Å². The molecule has 2 rings (SSSR count). The van der Waals surface area contributed by atoms with Gasteiger partial charge in [-0.3, -0.25) is 4.79 Å². The Hall–Kier alpha value is -2.31. The SMILES string of the molecule is COC(=O)CC(c1ccc(F)cc1)c1nn[nH]n1. The zero-order chi connectivity index (χ0) is 13.0. The van der Waals surface area contributed by atoms with E-state index in [0.717, 1.165) is 5.56 Å². The number of hydrogen-bond acceptors (Lipinski definition) is 5. The maximum atomic E-state index is 12.9. The topological polar surface area (TPSA) is 80.8 Å². The summed E-state index contributed by atoms with van der Waals surface area (Å²) in [5.74, 6) is -0.776. The molecule has 94 valence electrons. The number of aromatic nitrogens is 4. The number of esters is 1. The number of hydrogen-bond donors (Lipinski definition) is 1. The number of tetrazole rings is 1. The number of H-pyrrole nitrogens is 1. The molecule has 0 fully saturated rings. The molecule has 1 N–H and O–H groups in total. The Labute approximate surface area is 102 Å². The number of nitrogens with one attached hydrogen (secondary N) is 1. The van der Waals surface area contributed by atoms with Crippen molar-refractivity contribution >= 4 is 5.97 Å². The summed E-state index contributed by atoms with van der Waals surface area (Å²) >= 11 is 0. The number of halogens is 1. The summed E-state index contributed by atoms with van der Waals surface area (Å²) in [6.07, 6.45) is 0.0711. The lowest BCUT2D eigenvalue weighted by atomic mass is 9.95. The Kier molecular flexibility index (Phi) is 3.61. The van der Waals surface area contributed by atoms with Crippen molar-refractivity contribution in [2.45, 2.75) is 12.3 Å². The smallest absolute Gasteiger partial charge is 0.306 e. The number of benzene rings is 1. The zero-order valence-corrected chi connectivity index (χ0v) is 9.63. The molecule has 1 unspecified atom stereocenters. The van der Waals surface area contributed by atoms with Crippen LogP contribution in [0.5, 0.6) is 0 Å². The van der Waals surface area contributed by atoms with Crippen molar-refractivity contribution < 1.29 is 13.9 Å². The van der Waals surface area contributed by atoms with Crippen LogP contribution in [0.2, 0.25) is 0 Å². The van der Waals surface area contributed by atoms with E-state index in [9.17, 15) is 9.18 Å². The third-order valence-corrected chi connectivity index (χ3v) is 2.54. The number of ether oxygens (including phenoxy) is 1. The van der Waals surface area contributed by atoms with Gasteiger partial charge in [-0.1, -0.05) is 17.3 Å². The molecular weight excluding hydrogens is 239 g/mol. The summed E-state index contributed by atoms with van der Waals surface area (Å²) in [7, 11) is 1.31. The van der Waals surface area contributed by atoms with Crippen molar-refractivity contribution in [3.8, 4) is 0 Å². The lowest BCUT2D eigenvalue weighted by Gasteiger charge is -2.12. The van der Waals surface area contributed by atoms with Crippen LogP contribution in [-0.2, 0) is 9.53 Å². The second-order valence-corrected chi connectivity index (χ2v) is 3.65. The molecule has 0 bridgehead atoms. The van der Waals surface area contributed by atoms with Gasteiger partial charge in [-0.05, 0) is 17.7 Å². The minimum atomic E-state index is -0.406. The van der Waals surface area contributed by atoms with Gasteiger partial charge < -0.3 is 4.74 Å². The quantitative estimate of drug-likeness (QED) is 0.820. The summed E-state index contributed by atoms with van der Waals surface area (Å²) in [5, 5.41) is 13.5. The molecule has 0 spiro atoms. The number of aromatic amines is 1. The van der Waals surface area contributed by atoms with Gasteiger partial charge in [0.15, 0.2) is 5.82 Å². The lowest BCUT2D eigenvalue weighted by molar-refractivity contribution is -0.140. The molecular formula is C11H11FN4O2. The van der Waals surface area contributed by atoms with E-state index in [1.165, 1.54) is 19.2 Å². The number of rotatable bonds is 4. The van der Waals surface area contributed by atoms with Gasteiger partial charge in [0.05, 0.1) is 19.4 Å². The molecule has 6 nitrogen and oxygen atoms in total. The van der Waals surface area contributed by atoms with Gasteiger partial charge in [0.2, 0.25) is 0 Å². The van der Waals surface area contributed by atoms with Crippen LogP contribution in [0, 0.1) is 5.82 Å². The van der Waals surface area contributed by atoms with Crippen molar-refractivity contribution in [2.24, 2.45) is 0 Å². The Morgan fingerprint density at radius 2 is 2.17 bits per heavy atom. The zero-order valence-electron chi connectivity index (χ0n) is 9.63. The number of methoxy groups -OCH3 is 1. The summed E-state index contributed by atoms with van der Waals surface area (Å²) in [5.41, 5.74) is 0.725. The van der Waals surface area contributed by atoms with E-state index in [1.54, 1.807) is 12.1 Å². The first-order valence-electron chi connectivity index (χ1n) is 5.26. The van der Waals surface area contributed by atoms with Gasteiger partial charge in [0.25, 0.3) is 0 Å². The molecule has 1 aromatic carbocycles. The van der Waals surface area contributed by atoms with Crippen molar-refractivity contribution in [3.05, 3.63) is 41.5 Å². The summed E-state index contributed by atoms with van der Waals surface area (Å²) in [4.78, 5) is 11.4. The fourth-order valence-corrected chi connectivity index (χ4v) is 1.62. The number of carbonyl (C=O) groups excluding carboxylic acids is 1. The molecule has 2 aromatic rings. The van der Waals surface area contributed by atoms with Gasteiger partial charge in [0, 0.05) is 0 Å². The van der Waals surface area contributed by atoms with E-state index < -0.39 is 11.9 Å². The monoisotopic (exact) mass is 250 g/mol. The Bertz CT molecular complexity index is 512. The highest BCUT2D eigenvalue weighted by Crippen LogP contribution is 2.25. The van der Waals surface area contributed by atoms with E-state index in [-0.39, 0.29) is 12.2 Å². The average molecular weight is 250 g/mol. The molecule has 7 heteroatoms. The van der Waals surface area contributed by atoms with Crippen molar-refractivity contribution in [1.29, 1.82) is 0 Å². The van der Waals surface area contributed by atoms with Crippen LogP contribution in [0.1, 0.15) is 23.7 Å². The largest absolute Gasteiger partial charge is 0.469 e. The third-order valence-electron chi connectivity index (χ3n) is 2.54. The van der Waals surface area contributed by atoms with Gasteiger partial charge in [0.1, 0.15) is 5.82 Å². The van der Waals surface area contributed by atoms with Crippen LogP contribution in [-0.4, -0.2) is 33.7 Å². The van der Waals surface area contributed by atoms with E-state index in [2.05, 4.69) is 25.4 Å². The van der Waals surface area contributed by atoms with Crippen LogP contribution < -0.4 is 0 Å². The van der Waals surface area contributed by atoms with Crippen LogP contribution in [0.15, 0.2) is 24.3 Å². The molecule has 0 amide bonds. The lowest BCUT2D eigenvalue weighted by Crippen LogP contribution is -2.11. The first-order valence-corrected chi connectivity index (χ1v) is 5.26. The molecule has 0 aliphatic heterocycles. The van der Waals surface area contributed by atoms with Crippen LogP contribution in [0.25, 0.3) is 0 Å². The maximum Gasteiger partial charge on any atom is 0.306 e. The first kappa shape index (κ1) is 12.2. The van der Waals surface area contributed by atoms with Gasteiger partial charge in [-0.2, -0.15) is 5.21 Å². The van der Waals surface area contributed by atoms with E-state index in [0.29, 0.717) is 5.82 Å². The minimum absolute atomic E-state index is 0.0711. The Morgan fingerprint density at radius 3 is 2.72 bits per heavy atom. The number of carbonyl (C=O) groups is 1. The van der Waals surface area contributed by atoms with Crippen molar-refractivity contribution in [2.75, 3.05) is 7.11 Å². The summed E-state index contributed by atoms with van der Waals surface area (Å²) in [6, 6.07) is 5.80. The first-order chi connectivity index (χ1) is 8.70. The van der Waals surface area contributed by atoms with Crippen LogP contribution in [0.3, 0.4) is 0 Å². The Balaban J connectivity index is 2.30. The molecule has 0 aliphatic rings. The van der Waals surface area contributed by atoms with Gasteiger partial charge >= 0.3 is 5.97 Å². The fourth-order valence-electron chi connectivity index (χ4n) is 1.62. The normalized spacial score (nSPS) is 12.1. The molecule has 0 saturated carbocycles. The predicted octanol–water partition coefficient (Wildman–Crippen LogP) is 1.03. The highest BCUT2D eigenvalue weighted by Gasteiger charge is 2.22. The Morgan fingerprint density at radius 1 is 1.44 bits per heavy atom. The standard InChI is InChI=1S/C11H11FN4O2/c1-18-10(17)6-9(11-13-15-16-14-11)7-2-4-8(12)5-3-7/h2-5,9H,6H2,1H3,(H,13,14,15,16). The molecule has 18 heavy (non-hydrogen) atoms. The van der Waals surface area contributed by atoms with E-state index in [4.69, 9.17) is 0 Å². The van der Waals surface area contributed by atoms with E-state index in [1.807, 2.05) is 0 Å². The van der Waals surface area contributed by atoms with Gasteiger partial charge in [-0.25, -0.2) is 4.39 Å². The molecule has 0 radical (unpaired) electrons. The molecule has 1 atom stereocenters. The van der Waals surface area contributed by atoms with Gasteiger partial charge in [-0.15, -0.1) is 10.2 Å². The second kappa shape index (κ2) is 5.35. The van der Waals surface area contributed by atoms with Crippen LogP contribution in [0.4, 0.5) is 4.39 Å². The number of nitrogens with zero attached hydrogens (tertiary/aromatic N) is 3. The minimum Gasteiger partial charge on any atom is -0.469 e. The molecule has 1 heterocycles. The highest BCUT2D eigenvalue weighted by atomic mass is 19.1. The third kappa shape index (κ3) is 2.68. The van der Waals surface area contributed by atoms with Crippen molar-refractivity contribution in [3.63, 3.8) is 0 Å². The maximum absolute atomic E-state index is 12.9. The molecule has 1 aromatic heterocycles. The second-order valence-electron chi connectivity index (χ2n) is 3.65. The molecule has 0 saturated heterocycles. The summed E-state index contributed by atoms with van der Waals surface area (Å²) in [6.45, 7) is 0. The fraction of sp³-hybridized carbons (Fsp3) is 0.273. The van der Waals surface area contributed by atoms with E-state index >= 15 is 0 Å².